The number of hydrogen-bond acceptors (Lipinski definition) is 5. The Bertz CT molecular complexity index is 1070. The highest BCUT2D eigenvalue weighted by Gasteiger charge is 2.67. The first-order valence-corrected chi connectivity index (χ1v) is 15.9. The summed E-state index contributed by atoms with van der Waals surface area (Å²) in [4.78, 5) is 2.13. The molecule has 226 valence electrons. The van der Waals surface area contributed by atoms with Crippen molar-refractivity contribution in [3.63, 3.8) is 0 Å². The molecule has 2 radical (unpaired) electrons. The predicted molar refractivity (Wildman–Crippen MR) is 189 cm³/mol. The number of benzene rings is 1. The molecule has 0 amide bonds. The second kappa shape index (κ2) is 12.8. The Kier molecular flexibility index (Phi) is 11.8. The zero-order valence-corrected chi connectivity index (χ0v) is 29.3. The minimum atomic E-state index is -1.40. The van der Waals surface area contributed by atoms with Crippen LogP contribution in [0.15, 0.2) is 35.4 Å². The van der Waals surface area contributed by atoms with Crippen LogP contribution < -0.4 is 4.90 Å². The van der Waals surface area contributed by atoms with E-state index >= 15 is 0 Å². The molecule has 5 aliphatic rings. The van der Waals surface area contributed by atoms with Gasteiger partial charge in [0, 0.05) is 57.0 Å². The van der Waals surface area contributed by atoms with E-state index in [1.54, 1.807) is 0 Å². The molecule has 1 aromatic rings. The Labute approximate surface area is 271 Å². The molecule has 4 aliphatic carbocycles. The first-order valence-electron chi connectivity index (χ1n) is 13.8. The molecule has 1 heterocycles. The molecule has 1 aromatic carbocycles. The van der Waals surface area contributed by atoms with E-state index in [0.717, 1.165) is 44.9 Å². The number of fused-ring (bicyclic) bond motifs is 4. The van der Waals surface area contributed by atoms with E-state index < -0.39 is 24.5 Å². The number of rotatable bonds is 3. The van der Waals surface area contributed by atoms with Crippen molar-refractivity contribution in [3.8, 4) is 0 Å². The molecule has 40 heavy (non-hydrogen) atoms. The van der Waals surface area contributed by atoms with Gasteiger partial charge in [-0.15, -0.1) is 0 Å². The standard InChI is InChI=1S/C29H42BNO4P.4H2S/c1-26-17-22(19-5-7-20(8-6-19)31(2)3)25-21(23(26)11-14-29(26,33)36(4)30)9-12-27(32)18-28(13-10-24(25)27)34-15-16-35-28;;;;/h5-8,21-23,32-33,36H,9-18H2,1-4H3;4*1H2/q+1;;;;/t21-,22+,23-,26-,27+,29+;;;;/m0..../s1. The second-order valence-electron chi connectivity index (χ2n) is 12.7. The molecular formula is C29H50BNO4PS4+. The molecule has 7 atom stereocenters. The molecular weight excluding hydrogens is 596 g/mol. The summed E-state index contributed by atoms with van der Waals surface area (Å²) in [5.41, 5.74) is 4.10. The SMILES string of the molecule is S.S.S.S.[B][PH+](C)[C@]1(O)CC[C@H]2[C@@H]3CC[C@@]4(O)CC5(CCC4=C3[C@@H](c3ccc(N(C)C)cc3)C[C@@]21C)OCCO5. The van der Waals surface area contributed by atoms with Gasteiger partial charge in [-0.05, 0) is 75.0 Å². The Morgan fingerprint density at radius 1 is 0.950 bits per heavy atom. The average molecular weight is 647 g/mol. The minimum absolute atomic E-state index is 0. The van der Waals surface area contributed by atoms with Crippen LogP contribution in [0.5, 0.6) is 0 Å². The first-order chi connectivity index (χ1) is 17.0. The molecule has 1 unspecified atom stereocenters. The lowest BCUT2D eigenvalue weighted by Crippen LogP contribution is -2.55. The highest BCUT2D eigenvalue weighted by atomic mass is 32.1. The maximum Gasteiger partial charge on any atom is 0.365 e. The van der Waals surface area contributed by atoms with Crippen molar-refractivity contribution in [2.24, 2.45) is 17.3 Å². The molecule has 6 rings (SSSR count). The van der Waals surface area contributed by atoms with Gasteiger partial charge in [0.05, 0.1) is 18.8 Å². The molecule has 11 heteroatoms. The Morgan fingerprint density at radius 2 is 1.57 bits per heavy atom. The minimum Gasteiger partial charge on any atom is -0.385 e. The lowest BCUT2D eigenvalue weighted by molar-refractivity contribution is -0.208. The molecule has 3 saturated carbocycles. The summed E-state index contributed by atoms with van der Waals surface area (Å²) in [6.45, 7) is 5.63. The van der Waals surface area contributed by atoms with E-state index in [-0.39, 0.29) is 65.3 Å². The van der Waals surface area contributed by atoms with Crippen LogP contribution in [0.4, 0.5) is 5.69 Å². The second-order valence-corrected chi connectivity index (χ2v) is 14.9. The van der Waals surface area contributed by atoms with Crippen LogP contribution in [0.1, 0.15) is 69.8 Å². The molecule has 0 aromatic heterocycles. The third kappa shape index (κ3) is 5.47. The Balaban J connectivity index is 0.00000140. The van der Waals surface area contributed by atoms with Gasteiger partial charge >= 0.3 is 7.57 Å². The van der Waals surface area contributed by atoms with E-state index in [0.29, 0.717) is 31.5 Å². The van der Waals surface area contributed by atoms with Gasteiger partial charge in [-0.2, -0.15) is 54.0 Å². The van der Waals surface area contributed by atoms with Gasteiger partial charge in [-0.1, -0.05) is 24.6 Å². The fraction of sp³-hybridized carbons (Fsp3) is 0.724. The monoisotopic (exact) mass is 646 g/mol. The van der Waals surface area contributed by atoms with Crippen LogP contribution in [0, 0.1) is 17.3 Å². The highest BCUT2D eigenvalue weighted by molar-refractivity contribution is 7.82. The molecule has 5 nitrogen and oxygen atoms in total. The van der Waals surface area contributed by atoms with Gasteiger partial charge in [0.15, 0.2) is 11.1 Å². The van der Waals surface area contributed by atoms with Crippen LogP contribution in [0.3, 0.4) is 0 Å². The van der Waals surface area contributed by atoms with Crippen molar-refractivity contribution in [2.45, 2.75) is 80.9 Å². The lowest BCUT2D eigenvalue weighted by Gasteiger charge is -2.57. The summed E-state index contributed by atoms with van der Waals surface area (Å²) in [5.74, 6) is 0.349. The van der Waals surface area contributed by atoms with E-state index in [9.17, 15) is 10.2 Å². The van der Waals surface area contributed by atoms with Crippen molar-refractivity contribution in [2.75, 3.05) is 38.9 Å². The predicted octanol–water partition coefficient (Wildman–Crippen LogP) is 5.09. The van der Waals surface area contributed by atoms with Gasteiger partial charge in [0.25, 0.3) is 0 Å². The average Bonchev–Trinajstić information content (AvgIpc) is 3.40. The van der Waals surface area contributed by atoms with E-state index in [2.05, 4.69) is 56.8 Å². The first kappa shape index (κ1) is 36.7. The summed E-state index contributed by atoms with van der Waals surface area (Å²) in [6.07, 6.45) is 6.57. The van der Waals surface area contributed by atoms with Crippen LogP contribution >= 0.6 is 61.8 Å². The Morgan fingerprint density at radius 3 is 2.15 bits per heavy atom. The van der Waals surface area contributed by atoms with Crippen LogP contribution in [0.25, 0.3) is 0 Å². The maximum atomic E-state index is 12.1. The molecule has 1 aliphatic heterocycles. The van der Waals surface area contributed by atoms with Gasteiger partial charge < -0.3 is 24.6 Å². The third-order valence-corrected chi connectivity index (χ3v) is 13.0. The van der Waals surface area contributed by atoms with Gasteiger partial charge in [-0.3, -0.25) is 0 Å². The summed E-state index contributed by atoms with van der Waals surface area (Å²) >= 11 is 0. The summed E-state index contributed by atoms with van der Waals surface area (Å²) in [6, 6.07) is 8.94. The summed E-state index contributed by atoms with van der Waals surface area (Å²) in [7, 11) is 9.33. The van der Waals surface area contributed by atoms with Crippen molar-refractivity contribution in [1.29, 1.82) is 0 Å². The van der Waals surface area contributed by atoms with Crippen molar-refractivity contribution < 1.29 is 19.7 Å². The van der Waals surface area contributed by atoms with Crippen LogP contribution in [0.2, 0.25) is 0 Å². The van der Waals surface area contributed by atoms with E-state index in [1.807, 2.05) is 0 Å². The van der Waals surface area contributed by atoms with Crippen molar-refractivity contribution >= 4 is 75.0 Å². The zero-order chi connectivity index (χ0) is 25.5. The largest absolute Gasteiger partial charge is 0.385 e. The molecule has 4 fully saturated rings. The van der Waals surface area contributed by atoms with Gasteiger partial charge in [0.1, 0.15) is 0 Å². The molecule has 1 saturated heterocycles. The highest BCUT2D eigenvalue weighted by Crippen LogP contribution is 2.72. The quantitative estimate of drug-likeness (QED) is 0.273. The fourth-order valence-corrected chi connectivity index (χ4v) is 10.7. The smallest absolute Gasteiger partial charge is 0.365 e. The fourth-order valence-electron chi connectivity index (χ4n) is 8.97. The summed E-state index contributed by atoms with van der Waals surface area (Å²) in [5, 5.41) is 23.4. The number of hydrogen-bond donors (Lipinski definition) is 2. The van der Waals surface area contributed by atoms with E-state index in [1.165, 1.54) is 22.4 Å². The summed E-state index contributed by atoms with van der Waals surface area (Å²) < 4.78 is 12.1. The molecule has 2 N–H and O–H groups in total. The van der Waals surface area contributed by atoms with Crippen molar-refractivity contribution in [1.82, 2.24) is 0 Å². The maximum absolute atomic E-state index is 12.1. The van der Waals surface area contributed by atoms with Crippen LogP contribution in [-0.2, 0) is 9.47 Å². The molecule has 1 spiro atoms. The normalized spacial score (nSPS) is 37.9. The van der Waals surface area contributed by atoms with Crippen LogP contribution in [-0.4, -0.2) is 68.5 Å². The zero-order valence-electron chi connectivity index (χ0n) is 24.3. The molecule has 0 bridgehead atoms. The van der Waals surface area contributed by atoms with E-state index in [4.69, 9.17) is 17.0 Å². The topological polar surface area (TPSA) is 62.2 Å². The van der Waals surface area contributed by atoms with Gasteiger partial charge in [0.2, 0.25) is 0 Å². The number of ether oxygens (including phenoxy) is 2. The lowest BCUT2D eigenvalue weighted by atomic mass is 9.51. The number of anilines is 1. The number of nitrogens with zero attached hydrogens (tertiary/aromatic N) is 1. The Hall–Kier alpha value is 0.495. The third-order valence-electron chi connectivity index (χ3n) is 10.8. The number of aliphatic hydroxyl groups is 2. The number of allylic oxidation sites excluding steroid dienone is 1. The van der Waals surface area contributed by atoms with Gasteiger partial charge in [-0.25, -0.2) is 0 Å². The van der Waals surface area contributed by atoms with Crippen molar-refractivity contribution in [3.05, 3.63) is 41.0 Å².